The van der Waals surface area contributed by atoms with Gasteiger partial charge in [0, 0.05) is 13.0 Å². The summed E-state index contributed by atoms with van der Waals surface area (Å²) in [6.07, 6.45) is 0.0294. The van der Waals surface area contributed by atoms with Crippen LogP contribution in [0.15, 0.2) is 36.4 Å². The Morgan fingerprint density at radius 3 is 2.50 bits per heavy atom. The maximum Gasteiger partial charge on any atom is 0.308 e. The summed E-state index contributed by atoms with van der Waals surface area (Å²) < 4.78 is 0. The summed E-state index contributed by atoms with van der Waals surface area (Å²) in [5.41, 5.74) is 7.09. The van der Waals surface area contributed by atoms with Gasteiger partial charge >= 0.3 is 5.97 Å². The van der Waals surface area contributed by atoms with Crippen LogP contribution < -0.4 is 10.6 Å². The Balaban J connectivity index is 2.04. The molecular formula is C15H14N2O3. The number of anilines is 2. The number of aliphatic carboxylic acids is 1. The van der Waals surface area contributed by atoms with Gasteiger partial charge in [-0.3, -0.25) is 9.59 Å². The van der Waals surface area contributed by atoms with E-state index >= 15 is 0 Å². The number of fused-ring (bicyclic) bond motifs is 1. The lowest BCUT2D eigenvalue weighted by atomic mass is 10.1. The SMILES string of the molecule is Nc1cc2ccccc2cc1N1CC(C(=O)O)CC1=O. The molecule has 20 heavy (non-hydrogen) atoms. The van der Waals surface area contributed by atoms with Gasteiger partial charge in [-0.2, -0.15) is 0 Å². The number of carbonyl (C=O) groups is 2. The minimum absolute atomic E-state index is 0.0294. The first-order valence-electron chi connectivity index (χ1n) is 6.37. The van der Waals surface area contributed by atoms with Gasteiger partial charge in [-0.15, -0.1) is 0 Å². The number of amides is 1. The van der Waals surface area contributed by atoms with Crippen LogP contribution in [0.3, 0.4) is 0 Å². The summed E-state index contributed by atoms with van der Waals surface area (Å²) in [5.74, 6) is -1.80. The zero-order valence-corrected chi connectivity index (χ0v) is 10.7. The first-order valence-corrected chi connectivity index (χ1v) is 6.37. The fourth-order valence-corrected chi connectivity index (χ4v) is 2.59. The van der Waals surface area contributed by atoms with Crippen molar-refractivity contribution in [2.75, 3.05) is 17.2 Å². The molecular weight excluding hydrogens is 256 g/mol. The third-order valence-corrected chi connectivity index (χ3v) is 3.66. The van der Waals surface area contributed by atoms with Crippen LogP contribution in [-0.2, 0) is 9.59 Å². The van der Waals surface area contributed by atoms with Gasteiger partial charge in [-0.05, 0) is 22.9 Å². The topological polar surface area (TPSA) is 83.6 Å². The second kappa shape index (κ2) is 4.52. The van der Waals surface area contributed by atoms with Crippen molar-refractivity contribution in [3.05, 3.63) is 36.4 Å². The molecule has 1 unspecified atom stereocenters. The molecule has 0 aliphatic carbocycles. The van der Waals surface area contributed by atoms with Crippen molar-refractivity contribution in [3.8, 4) is 0 Å². The van der Waals surface area contributed by atoms with E-state index in [1.165, 1.54) is 4.90 Å². The molecule has 0 radical (unpaired) electrons. The Kier molecular flexibility index (Phi) is 2.82. The van der Waals surface area contributed by atoms with E-state index in [1.54, 1.807) is 0 Å². The molecule has 2 aromatic rings. The first-order chi connectivity index (χ1) is 9.56. The highest BCUT2D eigenvalue weighted by Crippen LogP contribution is 2.33. The second-order valence-electron chi connectivity index (χ2n) is 5.00. The Hall–Kier alpha value is -2.56. The number of nitrogen functional groups attached to an aromatic ring is 1. The molecule has 5 nitrogen and oxygen atoms in total. The third-order valence-electron chi connectivity index (χ3n) is 3.66. The largest absolute Gasteiger partial charge is 0.481 e. The summed E-state index contributed by atoms with van der Waals surface area (Å²) in [7, 11) is 0. The zero-order chi connectivity index (χ0) is 14.3. The number of hydrogen-bond donors (Lipinski definition) is 2. The molecule has 1 heterocycles. The molecule has 102 valence electrons. The Morgan fingerprint density at radius 2 is 1.90 bits per heavy atom. The average molecular weight is 270 g/mol. The van der Waals surface area contributed by atoms with Gasteiger partial charge in [0.25, 0.3) is 0 Å². The molecule has 1 amide bonds. The predicted molar refractivity (Wildman–Crippen MR) is 76.5 cm³/mol. The highest BCUT2D eigenvalue weighted by atomic mass is 16.4. The fourth-order valence-electron chi connectivity index (χ4n) is 2.59. The van der Waals surface area contributed by atoms with Crippen LogP contribution >= 0.6 is 0 Å². The standard InChI is InChI=1S/C15H14N2O3/c16-12-5-9-3-1-2-4-10(9)6-13(12)17-8-11(15(19)20)7-14(17)18/h1-6,11H,7-8,16H2,(H,19,20). The fraction of sp³-hybridized carbons (Fsp3) is 0.200. The van der Waals surface area contributed by atoms with E-state index in [0.29, 0.717) is 11.4 Å². The van der Waals surface area contributed by atoms with E-state index in [2.05, 4.69) is 0 Å². The van der Waals surface area contributed by atoms with Crippen molar-refractivity contribution in [2.24, 2.45) is 5.92 Å². The van der Waals surface area contributed by atoms with E-state index in [9.17, 15) is 9.59 Å². The molecule has 1 aliphatic rings. The molecule has 2 aromatic carbocycles. The lowest BCUT2D eigenvalue weighted by Gasteiger charge is -2.19. The molecule has 0 bridgehead atoms. The third kappa shape index (κ3) is 1.97. The van der Waals surface area contributed by atoms with Gasteiger partial charge in [0.1, 0.15) is 0 Å². The van der Waals surface area contributed by atoms with E-state index in [1.807, 2.05) is 36.4 Å². The maximum absolute atomic E-state index is 12.0. The van der Waals surface area contributed by atoms with Crippen LogP contribution in [0.4, 0.5) is 11.4 Å². The highest BCUT2D eigenvalue weighted by Gasteiger charge is 2.35. The molecule has 0 aromatic heterocycles. The minimum Gasteiger partial charge on any atom is -0.481 e. The summed E-state index contributed by atoms with van der Waals surface area (Å²) >= 11 is 0. The molecule has 5 heteroatoms. The molecule has 1 fully saturated rings. The molecule has 3 N–H and O–H groups in total. The number of rotatable bonds is 2. The van der Waals surface area contributed by atoms with Gasteiger partial charge in [0.2, 0.25) is 5.91 Å². The molecule has 1 saturated heterocycles. The van der Waals surface area contributed by atoms with Crippen LogP contribution in [0.25, 0.3) is 10.8 Å². The van der Waals surface area contributed by atoms with Gasteiger partial charge < -0.3 is 15.7 Å². The molecule has 3 rings (SSSR count). The molecule has 1 atom stereocenters. The number of carboxylic acids is 1. The van der Waals surface area contributed by atoms with Crippen molar-refractivity contribution in [2.45, 2.75) is 6.42 Å². The van der Waals surface area contributed by atoms with Crippen LogP contribution in [0.5, 0.6) is 0 Å². The second-order valence-corrected chi connectivity index (χ2v) is 5.00. The van der Waals surface area contributed by atoms with Crippen LogP contribution in [0.1, 0.15) is 6.42 Å². The summed E-state index contributed by atoms with van der Waals surface area (Å²) in [5, 5.41) is 11.0. The van der Waals surface area contributed by atoms with Crippen LogP contribution in [0.2, 0.25) is 0 Å². The van der Waals surface area contributed by atoms with Crippen molar-refractivity contribution in [1.82, 2.24) is 0 Å². The van der Waals surface area contributed by atoms with Gasteiger partial charge in [-0.1, -0.05) is 24.3 Å². The van der Waals surface area contributed by atoms with E-state index in [0.717, 1.165) is 10.8 Å². The lowest BCUT2D eigenvalue weighted by Crippen LogP contribution is -2.26. The Labute approximate surface area is 115 Å². The molecule has 1 aliphatic heterocycles. The quantitative estimate of drug-likeness (QED) is 0.816. The summed E-state index contributed by atoms with van der Waals surface area (Å²) in [6.45, 7) is 0.177. The maximum atomic E-state index is 12.0. The van der Waals surface area contributed by atoms with Crippen LogP contribution in [0, 0.1) is 5.92 Å². The monoisotopic (exact) mass is 270 g/mol. The number of hydrogen-bond acceptors (Lipinski definition) is 3. The van der Waals surface area contributed by atoms with Crippen molar-refractivity contribution in [1.29, 1.82) is 0 Å². The first kappa shape index (κ1) is 12.5. The summed E-state index contributed by atoms with van der Waals surface area (Å²) in [4.78, 5) is 24.5. The number of carbonyl (C=O) groups excluding carboxylic acids is 1. The predicted octanol–water partition coefficient (Wildman–Crippen LogP) is 1.86. The van der Waals surface area contributed by atoms with Gasteiger partial charge in [-0.25, -0.2) is 0 Å². The number of nitrogens with zero attached hydrogens (tertiary/aromatic N) is 1. The number of benzene rings is 2. The van der Waals surface area contributed by atoms with Crippen molar-refractivity contribution >= 4 is 34.0 Å². The van der Waals surface area contributed by atoms with E-state index < -0.39 is 11.9 Å². The minimum atomic E-state index is -0.944. The average Bonchev–Trinajstić information content (AvgIpc) is 2.80. The Morgan fingerprint density at radius 1 is 1.25 bits per heavy atom. The normalized spacial score (nSPS) is 18.7. The zero-order valence-electron chi connectivity index (χ0n) is 10.7. The smallest absolute Gasteiger partial charge is 0.308 e. The Bertz CT molecular complexity index is 711. The van der Waals surface area contributed by atoms with Crippen molar-refractivity contribution in [3.63, 3.8) is 0 Å². The number of nitrogens with two attached hydrogens (primary N) is 1. The molecule has 0 spiro atoms. The number of carboxylic acid groups (broad SMARTS) is 1. The van der Waals surface area contributed by atoms with Gasteiger partial charge in [0.15, 0.2) is 0 Å². The van der Waals surface area contributed by atoms with E-state index in [4.69, 9.17) is 10.8 Å². The van der Waals surface area contributed by atoms with Gasteiger partial charge in [0.05, 0.1) is 17.3 Å². The van der Waals surface area contributed by atoms with Crippen molar-refractivity contribution < 1.29 is 14.7 Å². The highest BCUT2D eigenvalue weighted by molar-refractivity contribution is 6.04. The lowest BCUT2D eigenvalue weighted by molar-refractivity contribution is -0.141. The molecule has 0 saturated carbocycles. The summed E-state index contributed by atoms with van der Waals surface area (Å²) in [6, 6.07) is 11.4. The van der Waals surface area contributed by atoms with E-state index in [-0.39, 0.29) is 18.9 Å². The van der Waals surface area contributed by atoms with Crippen LogP contribution in [-0.4, -0.2) is 23.5 Å².